The van der Waals surface area contributed by atoms with Crippen LogP contribution in [0.1, 0.15) is 17.2 Å². The van der Waals surface area contributed by atoms with Gasteiger partial charge in [-0.05, 0) is 24.3 Å². The van der Waals surface area contributed by atoms with Crippen molar-refractivity contribution in [2.24, 2.45) is 0 Å². The van der Waals surface area contributed by atoms with E-state index in [0.717, 1.165) is 6.07 Å². The summed E-state index contributed by atoms with van der Waals surface area (Å²) in [5.74, 6) is -0.175. The van der Waals surface area contributed by atoms with Gasteiger partial charge in [0.2, 0.25) is 0 Å². The van der Waals surface area contributed by atoms with Gasteiger partial charge in [0, 0.05) is 21.2 Å². The average Bonchev–Trinajstić information content (AvgIpc) is 2.37. The van der Waals surface area contributed by atoms with Gasteiger partial charge in [-0.1, -0.05) is 35.3 Å². The van der Waals surface area contributed by atoms with Crippen LogP contribution in [0.5, 0.6) is 5.75 Å². The van der Waals surface area contributed by atoms with E-state index in [1.807, 2.05) is 0 Å². The SMILES string of the molecule is COc1cc(Cl)ccc1C(O)c1ccc(Cl)cc1F. The Kier molecular flexibility index (Phi) is 4.30. The Morgan fingerprint density at radius 2 is 1.63 bits per heavy atom. The van der Waals surface area contributed by atoms with E-state index in [2.05, 4.69) is 0 Å². The molecule has 2 aromatic carbocycles. The Hall–Kier alpha value is -1.29. The maximum absolute atomic E-state index is 13.8. The fourth-order valence-electron chi connectivity index (χ4n) is 1.80. The maximum Gasteiger partial charge on any atom is 0.130 e. The van der Waals surface area contributed by atoms with Crippen LogP contribution in [0.25, 0.3) is 0 Å². The number of benzene rings is 2. The van der Waals surface area contributed by atoms with Crippen molar-refractivity contribution in [1.82, 2.24) is 0 Å². The second-order valence-corrected chi connectivity index (χ2v) is 4.83. The second-order valence-electron chi connectivity index (χ2n) is 3.95. The highest BCUT2D eigenvalue weighted by Crippen LogP contribution is 2.33. The van der Waals surface area contributed by atoms with Crippen molar-refractivity contribution < 1.29 is 14.2 Å². The van der Waals surface area contributed by atoms with Gasteiger partial charge in [-0.3, -0.25) is 0 Å². The number of ether oxygens (including phenoxy) is 1. The molecule has 0 aliphatic heterocycles. The van der Waals surface area contributed by atoms with Crippen LogP contribution in [0.15, 0.2) is 36.4 Å². The summed E-state index contributed by atoms with van der Waals surface area (Å²) in [6, 6.07) is 8.88. The quantitative estimate of drug-likeness (QED) is 0.919. The smallest absolute Gasteiger partial charge is 0.130 e. The van der Waals surface area contributed by atoms with Gasteiger partial charge in [0.1, 0.15) is 17.7 Å². The van der Waals surface area contributed by atoms with Crippen molar-refractivity contribution in [3.63, 3.8) is 0 Å². The molecule has 1 N–H and O–H groups in total. The second kappa shape index (κ2) is 5.78. The van der Waals surface area contributed by atoms with Crippen molar-refractivity contribution in [1.29, 1.82) is 0 Å². The van der Waals surface area contributed by atoms with E-state index in [4.69, 9.17) is 27.9 Å². The molecule has 5 heteroatoms. The first-order chi connectivity index (χ1) is 9.02. The van der Waals surface area contributed by atoms with E-state index in [9.17, 15) is 9.50 Å². The summed E-state index contributed by atoms with van der Waals surface area (Å²) in [6.45, 7) is 0. The Morgan fingerprint density at radius 1 is 1.05 bits per heavy atom. The molecule has 0 spiro atoms. The predicted octanol–water partition coefficient (Wildman–Crippen LogP) is 4.22. The summed E-state index contributed by atoms with van der Waals surface area (Å²) >= 11 is 11.5. The molecule has 0 saturated carbocycles. The summed E-state index contributed by atoms with van der Waals surface area (Å²) in [5, 5.41) is 11.0. The van der Waals surface area contributed by atoms with Crippen molar-refractivity contribution in [3.8, 4) is 5.75 Å². The summed E-state index contributed by atoms with van der Waals surface area (Å²) in [4.78, 5) is 0. The molecule has 2 rings (SSSR count). The highest BCUT2D eigenvalue weighted by atomic mass is 35.5. The van der Waals surface area contributed by atoms with Gasteiger partial charge in [-0.15, -0.1) is 0 Å². The molecule has 0 bridgehead atoms. The third kappa shape index (κ3) is 3.00. The summed E-state index contributed by atoms with van der Waals surface area (Å²) < 4.78 is 18.9. The fraction of sp³-hybridized carbons (Fsp3) is 0.143. The van der Waals surface area contributed by atoms with E-state index in [0.29, 0.717) is 16.3 Å². The minimum atomic E-state index is -1.15. The van der Waals surface area contributed by atoms with Crippen LogP contribution >= 0.6 is 23.2 Å². The first-order valence-corrected chi connectivity index (χ1v) is 6.25. The zero-order valence-corrected chi connectivity index (χ0v) is 11.5. The van der Waals surface area contributed by atoms with Gasteiger partial charge >= 0.3 is 0 Å². The lowest BCUT2D eigenvalue weighted by Gasteiger charge is -2.16. The van der Waals surface area contributed by atoms with E-state index in [1.54, 1.807) is 18.2 Å². The molecule has 2 aromatic rings. The minimum absolute atomic E-state index is 0.130. The Morgan fingerprint density at radius 3 is 2.21 bits per heavy atom. The molecule has 1 atom stereocenters. The summed E-state index contributed by atoms with van der Waals surface area (Å²) in [7, 11) is 1.46. The van der Waals surface area contributed by atoms with Gasteiger partial charge in [0.05, 0.1) is 7.11 Å². The number of hydrogen-bond acceptors (Lipinski definition) is 2. The third-order valence-electron chi connectivity index (χ3n) is 2.75. The zero-order valence-electron chi connectivity index (χ0n) is 10.0. The topological polar surface area (TPSA) is 29.5 Å². The van der Waals surface area contributed by atoms with Crippen LogP contribution in [0.4, 0.5) is 4.39 Å². The van der Waals surface area contributed by atoms with Crippen molar-refractivity contribution >= 4 is 23.2 Å². The monoisotopic (exact) mass is 300 g/mol. The van der Waals surface area contributed by atoms with Crippen molar-refractivity contribution in [2.75, 3.05) is 7.11 Å². The highest BCUT2D eigenvalue weighted by Gasteiger charge is 2.19. The first-order valence-electron chi connectivity index (χ1n) is 5.49. The molecular formula is C14H11Cl2FO2. The molecule has 0 heterocycles. The molecule has 0 fully saturated rings. The molecule has 0 aliphatic carbocycles. The van der Waals surface area contributed by atoms with E-state index in [-0.39, 0.29) is 10.6 Å². The standard InChI is InChI=1S/C14H11Cl2FO2/c1-19-13-7-9(16)3-5-11(13)14(18)10-4-2-8(15)6-12(10)17/h2-7,14,18H,1H3. The minimum Gasteiger partial charge on any atom is -0.496 e. The largest absolute Gasteiger partial charge is 0.496 e. The number of aliphatic hydroxyl groups excluding tert-OH is 1. The highest BCUT2D eigenvalue weighted by molar-refractivity contribution is 6.31. The van der Waals surface area contributed by atoms with Crippen LogP contribution in [0.2, 0.25) is 10.0 Å². The third-order valence-corrected chi connectivity index (χ3v) is 3.22. The lowest BCUT2D eigenvalue weighted by Crippen LogP contribution is -2.04. The van der Waals surface area contributed by atoms with Crippen LogP contribution in [-0.2, 0) is 0 Å². The average molecular weight is 301 g/mol. The molecule has 100 valence electrons. The lowest BCUT2D eigenvalue weighted by molar-refractivity contribution is 0.209. The Balaban J connectivity index is 2.46. The maximum atomic E-state index is 13.8. The molecule has 19 heavy (non-hydrogen) atoms. The summed E-state index contributed by atoms with van der Waals surface area (Å²) in [5.41, 5.74) is 0.568. The van der Waals surface area contributed by atoms with Crippen molar-refractivity contribution in [2.45, 2.75) is 6.10 Å². The van der Waals surface area contributed by atoms with Crippen molar-refractivity contribution in [3.05, 3.63) is 63.4 Å². The van der Waals surface area contributed by atoms with Gasteiger partial charge in [-0.2, -0.15) is 0 Å². The predicted molar refractivity (Wildman–Crippen MR) is 73.5 cm³/mol. The number of hydrogen-bond donors (Lipinski definition) is 1. The molecular weight excluding hydrogens is 290 g/mol. The Labute approximate surface area is 120 Å². The van der Waals surface area contributed by atoms with E-state index >= 15 is 0 Å². The van der Waals surface area contributed by atoms with Gasteiger partial charge in [-0.25, -0.2) is 4.39 Å². The number of methoxy groups -OCH3 is 1. The van der Waals surface area contributed by atoms with E-state index in [1.165, 1.54) is 19.2 Å². The first kappa shape index (κ1) is 14.1. The number of halogens is 3. The molecule has 0 aromatic heterocycles. The van der Waals surface area contributed by atoms with E-state index < -0.39 is 11.9 Å². The number of rotatable bonds is 3. The van der Waals surface area contributed by atoms with Crippen LogP contribution in [0.3, 0.4) is 0 Å². The van der Waals surface area contributed by atoms with Gasteiger partial charge < -0.3 is 9.84 Å². The normalized spacial score (nSPS) is 12.3. The zero-order chi connectivity index (χ0) is 14.0. The van der Waals surface area contributed by atoms with Gasteiger partial charge in [0.15, 0.2) is 0 Å². The number of aliphatic hydroxyl groups is 1. The molecule has 0 saturated heterocycles. The van der Waals surface area contributed by atoms with Crippen LogP contribution in [0, 0.1) is 5.82 Å². The lowest BCUT2D eigenvalue weighted by atomic mass is 10.0. The molecule has 0 aliphatic rings. The van der Waals surface area contributed by atoms with Crippen LogP contribution in [-0.4, -0.2) is 12.2 Å². The molecule has 0 amide bonds. The van der Waals surface area contributed by atoms with Crippen LogP contribution < -0.4 is 4.74 Å². The molecule has 0 radical (unpaired) electrons. The summed E-state index contributed by atoms with van der Waals surface area (Å²) in [6.07, 6.45) is -1.15. The fourth-order valence-corrected chi connectivity index (χ4v) is 2.12. The Bertz CT molecular complexity index is 602. The molecule has 1 unspecified atom stereocenters. The van der Waals surface area contributed by atoms with Gasteiger partial charge in [0.25, 0.3) is 0 Å². The molecule has 2 nitrogen and oxygen atoms in total.